The number of hydrogen-bond donors (Lipinski definition) is 0. The Bertz CT molecular complexity index is 3440. The van der Waals surface area contributed by atoms with E-state index in [1.807, 2.05) is 79.1 Å². The van der Waals surface area contributed by atoms with Gasteiger partial charge in [-0.2, -0.15) is 0 Å². The Morgan fingerprint density at radius 1 is 0.532 bits per heavy atom. The Labute approximate surface area is 468 Å². The van der Waals surface area contributed by atoms with Crippen molar-refractivity contribution in [3.05, 3.63) is 175 Å². The van der Waals surface area contributed by atoms with E-state index in [-0.39, 0.29) is 28.2 Å². The number of aryl methyl sites for hydroxylation is 4. The first-order chi connectivity index (χ1) is 36.7. The highest BCUT2D eigenvalue weighted by Crippen LogP contribution is 2.50. The number of carbonyl (C=O) groups is 2. The number of ketones is 1. The number of non-ortho nitro benzene ring substituents is 2. The molecule has 77 heavy (non-hydrogen) atoms. The molecule has 8 rings (SSSR count). The average molecular weight is 1190 g/mol. The molecule has 0 amide bonds. The lowest BCUT2D eigenvalue weighted by molar-refractivity contribution is -0.384. The molecule has 0 saturated heterocycles. The molecule has 16 nitrogen and oxygen atoms in total. The maximum absolute atomic E-state index is 13.3. The summed E-state index contributed by atoms with van der Waals surface area (Å²) in [5.74, 6) is -0.101. The Kier molecular flexibility index (Phi) is 24.4. The smallest absolute Gasteiger partial charge is 0.340 e. The van der Waals surface area contributed by atoms with E-state index in [1.54, 1.807) is 82.3 Å². The molecule has 0 unspecified atom stereocenters. The lowest BCUT2D eigenvalue weighted by Crippen LogP contribution is -2.05. The minimum absolute atomic E-state index is 0.0191. The molecule has 8 aromatic rings. The molecule has 23 heteroatoms. The number of hydrogen-bond acceptors (Lipinski definition) is 12. The Balaban J connectivity index is 0.000000232. The molecule has 0 radical (unpaired) electrons. The first-order valence-electron chi connectivity index (χ1n) is 24.6. The van der Waals surface area contributed by atoms with Crippen molar-refractivity contribution in [2.75, 3.05) is 38.8 Å². The van der Waals surface area contributed by atoms with Crippen molar-refractivity contribution in [3.8, 4) is 0 Å². The van der Waals surface area contributed by atoms with Crippen LogP contribution in [0.2, 0.25) is 0 Å². The van der Waals surface area contributed by atoms with E-state index in [9.17, 15) is 38.9 Å². The van der Waals surface area contributed by atoms with Crippen LogP contribution in [0.4, 0.5) is 11.4 Å². The predicted octanol–water partition coefficient (Wildman–Crippen LogP) is 16.3. The minimum atomic E-state index is -3.19. The molecule has 0 N–H and O–H groups in total. The summed E-state index contributed by atoms with van der Waals surface area (Å²) in [4.78, 5) is 45.7. The Morgan fingerprint density at radius 2 is 0.896 bits per heavy atom. The van der Waals surface area contributed by atoms with Gasteiger partial charge in [0.25, 0.3) is 16.6 Å². The number of carbonyl (C=O) groups excluding carboxylic acids is 2. The molecule has 0 spiro atoms. The molecular formula is C54H59AlCl4N4O12P2. The number of benzene rings is 6. The largest absolute Gasteiger partial charge is 0.643 e. The molecule has 0 aliphatic heterocycles. The Hall–Kier alpha value is -4.95. The zero-order valence-corrected chi connectivity index (χ0v) is 49.3. The summed E-state index contributed by atoms with van der Waals surface area (Å²) >= 11 is 3.55. The molecule has 2 heterocycles. The average Bonchev–Trinajstić information content (AvgIpc) is 3.90. The topological polar surface area (TPSA) is 201 Å². The van der Waals surface area contributed by atoms with Crippen molar-refractivity contribution in [2.24, 2.45) is 0 Å². The standard InChI is InChI=1S/C27H29N2O6P.C19H23N2O5P.C8H7ClO.Al.3ClH/c1-4-34-36(33,35-5-2)16-8-15-28-25-13-11-20(27(30)22-10-7-6-9-19(22)3)17-23(25)24-18-21(29(31)32)12-14-26(24)28;1-3-25-27(24,26-4-2)13-7-12-20-18-9-6-5-8-16(18)17-14-15(21(22)23)10-11-19(17)20;1-6-4-2-3-5-7(6)8(9)10;;;;/h6-7,9-14,17-18H,4-5,8,15-16H2,1-3H3;5-6,8-11,14H,3-4,7,12-13H2,1-2H3;2-5H,1H3;;3*1H/q;;;+3;;;/p-3. The van der Waals surface area contributed by atoms with Crippen LogP contribution in [-0.2, 0) is 40.3 Å². The lowest BCUT2D eigenvalue weighted by Gasteiger charge is -2.17. The SMILES string of the molecule is CCOP(=O)(CCCn1c2ccc(C(=O)c3ccccc3C)cc2c2cc([N+](=O)[O-])ccc21)OCC.CCOP(=O)(CCCn1c2ccccc2c2cc([N+](=O)[O-])ccc21)OCC.Cc1ccccc1C(=O)Cl.[Cl][Al]([Cl])[Cl]. The summed E-state index contributed by atoms with van der Waals surface area (Å²) in [6.45, 7) is 13.3. The maximum Gasteiger partial charge on any atom is 0.643 e. The third-order valence-corrected chi connectivity index (χ3v) is 16.5. The van der Waals surface area contributed by atoms with Crippen LogP contribution < -0.4 is 0 Å². The summed E-state index contributed by atoms with van der Waals surface area (Å²) < 4.78 is 51.2. The first kappa shape index (κ1) is 62.9. The Morgan fingerprint density at radius 3 is 1.30 bits per heavy atom. The zero-order valence-electron chi connectivity index (χ0n) is 43.4. The van der Waals surface area contributed by atoms with Gasteiger partial charge in [0, 0.05) is 97.7 Å². The predicted molar refractivity (Wildman–Crippen MR) is 312 cm³/mol. The van der Waals surface area contributed by atoms with E-state index in [1.165, 1.54) is 12.1 Å². The van der Waals surface area contributed by atoms with Gasteiger partial charge in [0.05, 0.1) is 48.6 Å². The number of halogens is 4. The van der Waals surface area contributed by atoms with Crippen LogP contribution in [0, 0.1) is 34.1 Å². The molecule has 0 bridgehead atoms. The highest BCUT2D eigenvalue weighted by Gasteiger charge is 2.25. The summed E-state index contributed by atoms with van der Waals surface area (Å²) in [6, 6.07) is 37.6. The van der Waals surface area contributed by atoms with Crippen LogP contribution in [0.3, 0.4) is 0 Å². The molecular weight excluding hydrogens is 1130 g/mol. The number of aromatic nitrogens is 2. The van der Waals surface area contributed by atoms with Crippen LogP contribution in [0.25, 0.3) is 43.6 Å². The fraction of sp³-hybridized carbons (Fsp3) is 0.296. The van der Waals surface area contributed by atoms with Gasteiger partial charge in [-0.1, -0.05) is 60.7 Å². The van der Waals surface area contributed by atoms with E-state index in [4.69, 9.17) is 59.8 Å². The highest BCUT2D eigenvalue weighted by molar-refractivity contribution is 7.54. The fourth-order valence-electron chi connectivity index (χ4n) is 8.72. The van der Waals surface area contributed by atoms with Crippen LogP contribution >= 0.6 is 56.9 Å². The van der Waals surface area contributed by atoms with Crippen molar-refractivity contribution in [1.29, 1.82) is 0 Å². The van der Waals surface area contributed by atoms with Gasteiger partial charge in [-0.25, -0.2) is 30.1 Å². The third-order valence-electron chi connectivity index (χ3n) is 12.0. The maximum atomic E-state index is 13.3. The number of nitro benzene ring substituents is 2. The first-order valence-corrected chi connectivity index (χ1v) is 33.7. The van der Waals surface area contributed by atoms with Crippen molar-refractivity contribution in [1.82, 2.24) is 9.13 Å². The third kappa shape index (κ3) is 17.0. The normalized spacial score (nSPS) is 11.4. The number of nitro groups is 2. The summed E-state index contributed by atoms with van der Waals surface area (Å²) in [5.41, 5.74) is 7.14. The van der Waals surface area contributed by atoms with E-state index in [2.05, 4.69) is 4.57 Å². The number of fused-ring (bicyclic) bond motifs is 6. The molecule has 0 aliphatic carbocycles. The molecule has 0 saturated carbocycles. The fourth-order valence-corrected chi connectivity index (χ4v) is 12.2. The number of nitrogens with zero attached hydrogens (tertiary/aromatic N) is 4. The van der Waals surface area contributed by atoms with Crippen LogP contribution in [-0.4, -0.2) is 80.1 Å². The van der Waals surface area contributed by atoms with Crippen molar-refractivity contribution < 1.29 is 46.7 Å². The van der Waals surface area contributed by atoms with Gasteiger partial charge >= 0.3 is 26.6 Å². The van der Waals surface area contributed by atoms with Crippen molar-refractivity contribution >= 4 is 134 Å². The molecule has 0 atom stereocenters. The summed E-state index contributed by atoms with van der Waals surface area (Å²) in [6.07, 6.45) is 1.72. The number of rotatable bonds is 21. The van der Waals surface area contributed by atoms with Crippen molar-refractivity contribution in [3.63, 3.8) is 0 Å². The lowest BCUT2D eigenvalue weighted by atomic mass is 9.98. The molecule has 2 aromatic heterocycles. The second kappa shape index (κ2) is 29.9. The molecule has 6 aromatic carbocycles. The van der Waals surface area contributed by atoms with E-state index >= 15 is 0 Å². The van der Waals surface area contributed by atoms with Gasteiger partial charge in [-0.3, -0.25) is 38.9 Å². The van der Waals surface area contributed by atoms with Gasteiger partial charge in [0.2, 0.25) is 0 Å². The quantitative estimate of drug-likeness (QED) is 0.0165. The number of para-hydroxylation sites is 1. The monoisotopic (exact) mass is 1180 g/mol. The molecule has 0 fully saturated rings. The molecule has 408 valence electrons. The van der Waals surface area contributed by atoms with Crippen LogP contribution in [0.1, 0.15) is 77.9 Å². The van der Waals surface area contributed by atoms with Gasteiger partial charge in [-0.15, -0.1) is 0 Å². The van der Waals surface area contributed by atoms with Crippen LogP contribution in [0.5, 0.6) is 0 Å². The van der Waals surface area contributed by atoms with Gasteiger partial charge in [-0.05, 0) is 120 Å². The van der Waals surface area contributed by atoms with Gasteiger partial charge < -0.3 is 27.2 Å². The van der Waals surface area contributed by atoms with Crippen LogP contribution in [0.15, 0.2) is 127 Å². The summed E-state index contributed by atoms with van der Waals surface area (Å²) in [7, 11) is 8.57. The van der Waals surface area contributed by atoms with E-state index < -0.39 is 36.7 Å². The zero-order chi connectivity index (χ0) is 56.5. The molecule has 0 aliphatic rings. The minimum Gasteiger partial charge on any atom is -0.340 e. The van der Waals surface area contributed by atoms with E-state index in [0.29, 0.717) is 80.6 Å². The van der Waals surface area contributed by atoms with Gasteiger partial charge in [0.15, 0.2) is 5.78 Å². The van der Waals surface area contributed by atoms with Crippen molar-refractivity contribution in [2.45, 2.75) is 67.5 Å². The summed E-state index contributed by atoms with van der Waals surface area (Å²) in [5, 5.41) is 25.5. The van der Waals surface area contributed by atoms with E-state index in [0.717, 1.165) is 49.4 Å². The second-order valence-electron chi connectivity index (χ2n) is 17.0. The second-order valence-corrected chi connectivity index (χ2v) is 28.1. The highest BCUT2D eigenvalue weighted by atomic mass is 35.8. The van der Waals surface area contributed by atoms with Gasteiger partial charge in [0.1, 0.15) is 0 Å².